The van der Waals surface area contributed by atoms with Gasteiger partial charge in [-0.3, -0.25) is 4.90 Å². The van der Waals surface area contributed by atoms with Crippen molar-refractivity contribution in [3.8, 4) is 0 Å². The molecule has 2 aliphatic rings. The second kappa shape index (κ2) is 3.35. The molecule has 0 unspecified atom stereocenters. The van der Waals surface area contributed by atoms with E-state index in [-0.39, 0.29) is 0 Å². The zero-order valence-corrected chi connectivity index (χ0v) is 9.34. The van der Waals surface area contributed by atoms with Gasteiger partial charge in [-0.15, -0.1) is 0 Å². The molecule has 0 radical (unpaired) electrons. The maximum Gasteiger partial charge on any atom is 0.0389 e. The van der Waals surface area contributed by atoms with Crippen LogP contribution in [0, 0.1) is 0 Å². The third kappa shape index (κ3) is 1.34. The van der Waals surface area contributed by atoms with E-state index in [1.807, 2.05) is 0 Å². The number of aromatic nitrogens is 1. The number of rotatable bonds is 2. The smallest absolute Gasteiger partial charge is 0.0389 e. The van der Waals surface area contributed by atoms with Crippen LogP contribution in [0.2, 0.25) is 0 Å². The van der Waals surface area contributed by atoms with Gasteiger partial charge in [0.1, 0.15) is 0 Å². The Morgan fingerprint density at radius 1 is 1.40 bits per heavy atom. The third-order valence-corrected chi connectivity index (χ3v) is 3.91. The molecule has 3 heteroatoms. The van der Waals surface area contributed by atoms with Gasteiger partial charge in [-0.2, -0.15) is 0 Å². The lowest BCUT2D eigenvalue weighted by atomic mass is 9.81. The van der Waals surface area contributed by atoms with Gasteiger partial charge in [0.25, 0.3) is 0 Å². The van der Waals surface area contributed by atoms with Gasteiger partial charge in [0.2, 0.25) is 0 Å². The molecule has 0 aromatic carbocycles. The molecule has 2 heterocycles. The van der Waals surface area contributed by atoms with Crippen LogP contribution in [-0.4, -0.2) is 16.9 Å². The quantitative estimate of drug-likeness (QED) is 0.771. The highest BCUT2D eigenvalue weighted by atomic mass is 15.1. The van der Waals surface area contributed by atoms with Crippen LogP contribution in [0.4, 0.5) is 0 Å². The van der Waals surface area contributed by atoms with Gasteiger partial charge in [0.05, 0.1) is 0 Å². The second-order valence-electron chi connectivity index (χ2n) is 4.98. The summed E-state index contributed by atoms with van der Waals surface area (Å²) in [4.78, 5) is 5.96. The van der Waals surface area contributed by atoms with Crippen LogP contribution in [0.15, 0.2) is 0 Å². The number of nitrogens with two attached hydrogens (primary N) is 1. The van der Waals surface area contributed by atoms with Crippen molar-refractivity contribution < 1.29 is 0 Å². The van der Waals surface area contributed by atoms with Crippen molar-refractivity contribution in [3.05, 3.63) is 22.5 Å². The van der Waals surface area contributed by atoms with Crippen LogP contribution in [0.3, 0.4) is 0 Å². The van der Waals surface area contributed by atoms with Gasteiger partial charge >= 0.3 is 0 Å². The van der Waals surface area contributed by atoms with Gasteiger partial charge in [0.15, 0.2) is 0 Å². The van der Waals surface area contributed by atoms with Crippen LogP contribution in [0.25, 0.3) is 0 Å². The minimum atomic E-state index is 0.700. The molecule has 1 aliphatic heterocycles. The maximum atomic E-state index is 5.89. The summed E-state index contributed by atoms with van der Waals surface area (Å²) >= 11 is 0. The summed E-state index contributed by atoms with van der Waals surface area (Å²) in [6.07, 6.45) is 4.09. The van der Waals surface area contributed by atoms with Gasteiger partial charge in [0, 0.05) is 31.0 Å². The number of H-pyrrole nitrogens is 1. The summed E-state index contributed by atoms with van der Waals surface area (Å²) in [5.74, 6) is 0.777. The van der Waals surface area contributed by atoms with E-state index in [9.17, 15) is 0 Å². The van der Waals surface area contributed by atoms with E-state index in [0.717, 1.165) is 19.0 Å². The Bertz CT molecular complexity index is 376. The summed E-state index contributed by atoms with van der Waals surface area (Å²) < 4.78 is 0. The molecule has 3 rings (SSSR count). The SMILES string of the molecule is CN1Cc2[nH]c(C3CCC3)c(CN)c2C1. The van der Waals surface area contributed by atoms with Crippen LogP contribution in [0.1, 0.15) is 47.7 Å². The highest BCUT2D eigenvalue weighted by molar-refractivity contribution is 5.41. The summed E-state index contributed by atoms with van der Waals surface area (Å²) in [5.41, 5.74) is 11.7. The molecule has 0 saturated heterocycles. The van der Waals surface area contributed by atoms with Crippen LogP contribution in [-0.2, 0) is 19.6 Å². The van der Waals surface area contributed by atoms with E-state index >= 15 is 0 Å². The lowest BCUT2D eigenvalue weighted by Gasteiger charge is -2.26. The summed E-state index contributed by atoms with van der Waals surface area (Å²) in [6.45, 7) is 2.84. The fourth-order valence-corrected chi connectivity index (χ4v) is 2.86. The van der Waals surface area contributed by atoms with Crippen molar-refractivity contribution in [1.82, 2.24) is 9.88 Å². The summed E-state index contributed by atoms with van der Waals surface area (Å²) in [7, 11) is 2.16. The van der Waals surface area contributed by atoms with Gasteiger partial charge in [-0.1, -0.05) is 6.42 Å². The molecule has 1 saturated carbocycles. The Morgan fingerprint density at radius 3 is 2.80 bits per heavy atom. The van der Waals surface area contributed by atoms with E-state index in [1.54, 1.807) is 0 Å². The molecule has 0 amide bonds. The van der Waals surface area contributed by atoms with Crippen molar-refractivity contribution in [2.24, 2.45) is 5.73 Å². The highest BCUT2D eigenvalue weighted by Gasteiger charge is 2.29. The largest absolute Gasteiger partial charge is 0.360 e. The van der Waals surface area contributed by atoms with Crippen LogP contribution >= 0.6 is 0 Å². The standard InChI is InChI=1S/C12H19N3/c1-15-6-10-9(5-13)12(8-3-2-4-8)14-11(10)7-15/h8,14H,2-7,13H2,1H3. The average molecular weight is 205 g/mol. The Labute approximate surface area is 90.6 Å². The molecule has 0 spiro atoms. The Balaban J connectivity index is 1.99. The van der Waals surface area contributed by atoms with Crippen molar-refractivity contribution in [2.45, 2.75) is 44.8 Å². The zero-order valence-electron chi connectivity index (χ0n) is 9.34. The number of hydrogen-bond acceptors (Lipinski definition) is 2. The fraction of sp³-hybridized carbons (Fsp3) is 0.667. The van der Waals surface area contributed by atoms with E-state index in [0.29, 0.717) is 6.54 Å². The minimum absolute atomic E-state index is 0.700. The number of hydrogen-bond donors (Lipinski definition) is 2. The zero-order chi connectivity index (χ0) is 10.4. The lowest BCUT2D eigenvalue weighted by Crippen LogP contribution is -2.16. The maximum absolute atomic E-state index is 5.89. The molecule has 3 N–H and O–H groups in total. The van der Waals surface area contributed by atoms with Crippen LogP contribution < -0.4 is 5.73 Å². The molecule has 3 nitrogen and oxygen atoms in total. The number of fused-ring (bicyclic) bond motifs is 1. The summed E-state index contributed by atoms with van der Waals surface area (Å²) in [5, 5.41) is 0. The molecule has 82 valence electrons. The first-order valence-electron chi connectivity index (χ1n) is 5.90. The number of nitrogens with zero attached hydrogens (tertiary/aromatic N) is 1. The third-order valence-electron chi connectivity index (χ3n) is 3.91. The van der Waals surface area contributed by atoms with Crippen molar-refractivity contribution >= 4 is 0 Å². The lowest BCUT2D eigenvalue weighted by molar-refractivity contribution is 0.346. The summed E-state index contributed by atoms with van der Waals surface area (Å²) in [6, 6.07) is 0. The van der Waals surface area contributed by atoms with E-state index in [2.05, 4.69) is 16.9 Å². The van der Waals surface area contributed by atoms with E-state index < -0.39 is 0 Å². The molecule has 1 fully saturated rings. The van der Waals surface area contributed by atoms with Crippen molar-refractivity contribution in [3.63, 3.8) is 0 Å². The van der Waals surface area contributed by atoms with Gasteiger partial charge in [-0.05, 0) is 36.9 Å². The van der Waals surface area contributed by atoms with Crippen LogP contribution in [0.5, 0.6) is 0 Å². The first-order chi connectivity index (χ1) is 7.29. The molecule has 1 aromatic rings. The Morgan fingerprint density at radius 2 is 2.20 bits per heavy atom. The number of nitrogens with one attached hydrogen (secondary N) is 1. The Hall–Kier alpha value is -0.800. The molecular formula is C12H19N3. The first-order valence-corrected chi connectivity index (χ1v) is 5.90. The average Bonchev–Trinajstić information content (AvgIpc) is 2.57. The van der Waals surface area contributed by atoms with E-state index in [1.165, 1.54) is 41.8 Å². The minimum Gasteiger partial charge on any atom is -0.360 e. The molecule has 15 heavy (non-hydrogen) atoms. The predicted molar refractivity (Wildman–Crippen MR) is 60.4 cm³/mol. The molecule has 0 atom stereocenters. The Kier molecular flexibility index (Phi) is 2.11. The molecule has 1 aliphatic carbocycles. The fourth-order valence-electron chi connectivity index (χ4n) is 2.86. The van der Waals surface area contributed by atoms with Gasteiger partial charge in [-0.25, -0.2) is 0 Å². The monoisotopic (exact) mass is 205 g/mol. The molecule has 0 bridgehead atoms. The first kappa shape index (κ1) is 9.43. The van der Waals surface area contributed by atoms with Crippen molar-refractivity contribution in [1.29, 1.82) is 0 Å². The normalized spacial score (nSPS) is 21.7. The molecular weight excluding hydrogens is 186 g/mol. The second-order valence-corrected chi connectivity index (χ2v) is 4.98. The van der Waals surface area contributed by atoms with E-state index in [4.69, 9.17) is 5.73 Å². The van der Waals surface area contributed by atoms with Gasteiger partial charge < -0.3 is 10.7 Å². The topological polar surface area (TPSA) is 45.0 Å². The molecule has 1 aromatic heterocycles. The van der Waals surface area contributed by atoms with Crippen molar-refractivity contribution in [2.75, 3.05) is 7.05 Å². The highest BCUT2D eigenvalue weighted by Crippen LogP contribution is 2.40. The predicted octanol–water partition coefficient (Wildman–Crippen LogP) is 1.69. The number of aromatic amines is 1.